The Morgan fingerprint density at radius 2 is 1.61 bits per heavy atom. The lowest BCUT2D eigenvalue weighted by Crippen LogP contribution is -2.34. The lowest BCUT2D eigenvalue weighted by Gasteiger charge is -2.20. The van der Waals surface area contributed by atoms with Gasteiger partial charge in [0.05, 0.1) is 32.1 Å². The van der Waals surface area contributed by atoms with E-state index in [2.05, 4.69) is 13.8 Å². The molecule has 2 aromatic carbocycles. The zero-order valence-electron chi connectivity index (χ0n) is 18.5. The summed E-state index contributed by atoms with van der Waals surface area (Å²) in [6.07, 6.45) is 0. The van der Waals surface area contributed by atoms with Gasteiger partial charge in [0, 0.05) is 13.6 Å². The number of likely N-dealkylation sites (N-methyl/N-ethyl adjacent to an activating group) is 1. The van der Waals surface area contributed by atoms with Gasteiger partial charge in [0.25, 0.3) is 11.8 Å². The first kappa shape index (κ1) is 22.4. The Morgan fingerprint density at radius 1 is 0.968 bits per heavy atom. The summed E-state index contributed by atoms with van der Waals surface area (Å²) in [4.78, 5) is 29.7. The van der Waals surface area contributed by atoms with Crippen LogP contribution in [0.4, 0.5) is 5.69 Å². The Bertz CT molecular complexity index is 1010. The quantitative estimate of drug-likeness (QED) is 0.657. The molecule has 0 atom stereocenters. The van der Waals surface area contributed by atoms with Gasteiger partial charge in [-0.15, -0.1) is 0 Å². The summed E-state index contributed by atoms with van der Waals surface area (Å²) in [5.74, 6) is 0.467. The predicted octanol–water partition coefficient (Wildman–Crippen LogP) is 3.04. The highest BCUT2D eigenvalue weighted by molar-refractivity contribution is 6.45. The first-order valence-corrected chi connectivity index (χ1v) is 10.1. The Labute approximate surface area is 182 Å². The molecule has 2 amide bonds. The van der Waals surface area contributed by atoms with E-state index in [4.69, 9.17) is 9.47 Å². The highest BCUT2D eigenvalue weighted by Crippen LogP contribution is 2.38. The van der Waals surface area contributed by atoms with E-state index in [9.17, 15) is 14.7 Å². The largest absolute Gasteiger partial charge is 0.493 e. The molecule has 7 heteroatoms. The lowest BCUT2D eigenvalue weighted by molar-refractivity contribution is -0.120. The Balaban J connectivity index is 2.11. The van der Waals surface area contributed by atoms with Crippen LogP contribution in [0.25, 0.3) is 5.57 Å². The van der Waals surface area contributed by atoms with Crippen LogP contribution < -0.4 is 14.4 Å². The van der Waals surface area contributed by atoms with Gasteiger partial charge in [-0.05, 0) is 41.3 Å². The van der Waals surface area contributed by atoms with Crippen molar-refractivity contribution in [2.45, 2.75) is 19.8 Å². The van der Waals surface area contributed by atoms with Crippen LogP contribution in [0.15, 0.2) is 48.2 Å². The van der Waals surface area contributed by atoms with E-state index in [1.165, 1.54) is 19.1 Å². The van der Waals surface area contributed by atoms with Gasteiger partial charge in [-0.1, -0.05) is 32.0 Å². The minimum Gasteiger partial charge on any atom is -0.493 e. The molecule has 1 heterocycles. The summed E-state index contributed by atoms with van der Waals surface area (Å²) < 4.78 is 10.7. The van der Waals surface area contributed by atoms with E-state index >= 15 is 0 Å². The molecule has 31 heavy (non-hydrogen) atoms. The number of aliphatic hydroxyl groups excluding tert-OH is 1. The number of benzene rings is 2. The number of hydrogen-bond donors (Lipinski definition) is 1. The van der Waals surface area contributed by atoms with Gasteiger partial charge in [-0.25, -0.2) is 4.90 Å². The molecule has 2 aromatic rings. The molecule has 0 aromatic heterocycles. The van der Waals surface area contributed by atoms with Crippen LogP contribution in [0.1, 0.15) is 30.9 Å². The standard InChI is InChI=1S/C24H28N2O5/c1-15(2)16-6-9-18(10-7-16)26-23(28)21(22(24(26)29)25(3)12-13-27)17-8-11-19(30-4)20(14-17)31-5/h6-11,14-15,27H,12-13H2,1-5H3. The average Bonchev–Trinajstić information content (AvgIpc) is 3.03. The van der Waals surface area contributed by atoms with E-state index < -0.39 is 11.8 Å². The maximum Gasteiger partial charge on any atom is 0.282 e. The van der Waals surface area contributed by atoms with E-state index in [0.29, 0.717) is 28.7 Å². The summed E-state index contributed by atoms with van der Waals surface area (Å²) in [6.45, 7) is 4.23. The van der Waals surface area contributed by atoms with Crippen LogP contribution in [0.2, 0.25) is 0 Å². The fourth-order valence-electron chi connectivity index (χ4n) is 3.63. The van der Waals surface area contributed by atoms with Gasteiger partial charge in [-0.2, -0.15) is 0 Å². The average molecular weight is 424 g/mol. The summed E-state index contributed by atoms with van der Waals surface area (Å²) in [6, 6.07) is 12.5. The number of aliphatic hydroxyl groups is 1. The van der Waals surface area contributed by atoms with Crippen molar-refractivity contribution in [1.82, 2.24) is 4.90 Å². The molecule has 0 unspecified atom stereocenters. The molecule has 1 aliphatic rings. The Kier molecular flexibility index (Phi) is 6.65. The van der Waals surface area contributed by atoms with Crippen molar-refractivity contribution in [3.05, 3.63) is 59.3 Å². The fraction of sp³-hybridized carbons (Fsp3) is 0.333. The third-order valence-corrected chi connectivity index (χ3v) is 5.37. The Morgan fingerprint density at radius 3 is 2.16 bits per heavy atom. The third kappa shape index (κ3) is 4.14. The third-order valence-electron chi connectivity index (χ3n) is 5.37. The first-order chi connectivity index (χ1) is 14.8. The van der Waals surface area contributed by atoms with Crippen LogP contribution in [0.5, 0.6) is 11.5 Å². The van der Waals surface area contributed by atoms with E-state index in [1.807, 2.05) is 12.1 Å². The molecule has 7 nitrogen and oxygen atoms in total. The van der Waals surface area contributed by atoms with Crippen LogP contribution in [-0.4, -0.2) is 56.2 Å². The summed E-state index contributed by atoms with van der Waals surface area (Å²) in [5.41, 5.74) is 2.66. The molecule has 164 valence electrons. The highest BCUT2D eigenvalue weighted by atomic mass is 16.5. The van der Waals surface area contributed by atoms with Gasteiger partial charge in [0.15, 0.2) is 11.5 Å². The molecule has 3 rings (SSSR count). The number of methoxy groups -OCH3 is 2. The number of carbonyl (C=O) groups excluding carboxylic acids is 2. The van der Waals surface area contributed by atoms with Crippen molar-refractivity contribution in [3.8, 4) is 11.5 Å². The highest BCUT2D eigenvalue weighted by Gasteiger charge is 2.41. The van der Waals surface area contributed by atoms with E-state index in [0.717, 1.165) is 5.56 Å². The number of anilines is 1. The molecule has 1 N–H and O–H groups in total. The van der Waals surface area contributed by atoms with Crippen molar-refractivity contribution < 1.29 is 24.2 Å². The predicted molar refractivity (Wildman–Crippen MR) is 119 cm³/mol. The number of carbonyl (C=O) groups is 2. The van der Waals surface area contributed by atoms with Crippen LogP contribution in [0.3, 0.4) is 0 Å². The Hall–Kier alpha value is -3.32. The zero-order chi connectivity index (χ0) is 22.7. The second-order valence-corrected chi connectivity index (χ2v) is 7.63. The maximum absolute atomic E-state index is 13.5. The monoisotopic (exact) mass is 424 g/mol. The summed E-state index contributed by atoms with van der Waals surface area (Å²) >= 11 is 0. The molecule has 0 spiro atoms. The molecular formula is C24H28N2O5. The molecule has 0 aliphatic carbocycles. The second-order valence-electron chi connectivity index (χ2n) is 7.63. The normalized spacial score (nSPS) is 14.0. The van der Waals surface area contributed by atoms with Crippen LogP contribution >= 0.6 is 0 Å². The van der Waals surface area contributed by atoms with Gasteiger partial charge >= 0.3 is 0 Å². The molecular weight excluding hydrogens is 396 g/mol. The molecule has 0 saturated carbocycles. The minimum absolute atomic E-state index is 0.149. The van der Waals surface area contributed by atoms with Gasteiger partial charge in [-0.3, -0.25) is 9.59 Å². The first-order valence-electron chi connectivity index (χ1n) is 10.1. The smallest absolute Gasteiger partial charge is 0.282 e. The fourth-order valence-corrected chi connectivity index (χ4v) is 3.63. The molecule has 0 bridgehead atoms. The number of hydrogen-bond acceptors (Lipinski definition) is 6. The van der Waals surface area contributed by atoms with Crippen LogP contribution in [0, 0.1) is 0 Å². The molecule has 1 aliphatic heterocycles. The number of rotatable bonds is 8. The van der Waals surface area contributed by atoms with E-state index in [-0.39, 0.29) is 24.4 Å². The lowest BCUT2D eigenvalue weighted by atomic mass is 10.0. The van der Waals surface area contributed by atoms with Gasteiger partial charge in [0.2, 0.25) is 0 Å². The zero-order valence-corrected chi connectivity index (χ0v) is 18.5. The molecule has 0 radical (unpaired) electrons. The number of ether oxygens (including phenoxy) is 2. The SMILES string of the molecule is COc1ccc(C2=C(N(C)CCO)C(=O)N(c3ccc(C(C)C)cc3)C2=O)cc1OC. The summed E-state index contributed by atoms with van der Waals surface area (Å²) in [7, 11) is 4.73. The van der Waals surface area contributed by atoms with Crippen molar-refractivity contribution in [2.24, 2.45) is 0 Å². The molecule has 0 fully saturated rings. The topological polar surface area (TPSA) is 79.3 Å². The molecule has 0 saturated heterocycles. The van der Waals surface area contributed by atoms with Gasteiger partial charge in [0.1, 0.15) is 5.70 Å². The van der Waals surface area contributed by atoms with Crippen molar-refractivity contribution in [2.75, 3.05) is 39.3 Å². The number of amides is 2. The number of imide groups is 1. The van der Waals surface area contributed by atoms with Gasteiger partial charge < -0.3 is 19.5 Å². The maximum atomic E-state index is 13.5. The minimum atomic E-state index is -0.428. The van der Waals surface area contributed by atoms with Crippen molar-refractivity contribution in [1.29, 1.82) is 0 Å². The van der Waals surface area contributed by atoms with Crippen LogP contribution in [-0.2, 0) is 9.59 Å². The summed E-state index contributed by atoms with van der Waals surface area (Å²) in [5, 5.41) is 9.41. The van der Waals surface area contributed by atoms with E-state index in [1.54, 1.807) is 42.3 Å². The second kappa shape index (κ2) is 9.22. The van der Waals surface area contributed by atoms with Crippen molar-refractivity contribution >= 4 is 23.1 Å². The van der Waals surface area contributed by atoms with Crippen molar-refractivity contribution in [3.63, 3.8) is 0 Å². The number of nitrogens with zero attached hydrogens (tertiary/aromatic N) is 2.